The van der Waals surface area contributed by atoms with Crippen LogP contribution in [0.4, 0.5) is 4.79 Å². The predicted molar refractivity (Wildman–Crippen MR) is 64.7 cm³/mol. The second-order valence-corrected chi connectivity index (χ2v) is 3.48. The number of carbonyl (C=O) groups is 2. The van der Waals surface area contributed by atoms with Crippen LogP contribution in [0.1, 0.15) is 5.56 Å². The first kappa shape index (κ1) is 13.1. The molecule has 17 heavy (non-hydrogen) atoms. The van der Waals surface area contributed by atoms with Gasteiger partial charge in [0, 0.05) is 11.2 Å². The zero-order valence-electron chi connectivity index (χ0n) is 8.81. The van der Waals surface area contributed by atoms with E-state index in [0.717, 1.165) is 5.56 Å². The van der Waals surface area contributed by atoms with E-state index < -0.39 is 18.5 Å². The quantitative estimate of drug-likeness (QED) is 0.765. The lowest BCUT2D eigenvalue weighted by Gasteiger charge is -2.01. The van der Waals surface area contributed by atoms with Crippen molar-refractivity contribution < 1.29 is 14.7 Å². The van der Waals surface area contributed by atoms with Crippen molar-refractivity contribution in [1.29, 1.82) is 0 Å². The van der Waals surface area contributed by atoms with Crippen LogP contribution in [0, 0.1) is 0 Å². The lowest BCUT2D eigenvalue weighted by atomic mass is 10.2. The Hall–Kier alpha value is -2.01. The molecule has 0 aromatic heterocycles. The molecule has 0 fully saturated rings. The van der Waals surface area contributed by atoms with Gasteiger partial charge >= 0.3 is 12.0 Å². The molecule has 0 aliphatic rings. The molecule has 0 saturated heterocycles. The van der Waals surface area contributed by atoms with Gasteiger partial charge in [0.1, 0.15) is 6.54 Å². The van der Waals surface area contributed by atoms with Crippen LogP contribution in [0.3, 0.4) is 0 Å². The molecule has 0 unspecified atom stereocenters. The molecule has 0 saturated carbocycles. The van der Waals surface area contributed by atoms with Gasteiger partial charge in [-0.2, -0.15) is 0 Å². The fourth-order valence-corrected chi connectivity index (χ4v) is 1.22. The average Bonchev–Trinajstić information content (AvgIpc) is 2.29. The average molecular weight is 255 g/mol. The highest BCUT2D eigenvalue weighted by Crippen LogP contribution is 2.15. The second-order valence-electron chi connectivity index (χ2n) is 3.08. The highest BCUT2D eigenvalue weighted by molar-refractivity contribution is 6.32. The molecule has 1 aromatic rings. The van der Waals surface area contributed by atoms with Crippen molar-refractivity contribution in [3.8, 4) is 0 Å². The normalized spacial score (nSPS) is 10.2. The van der Waals surface area contributed by atoms with E-state index in [9.17, 15) is 9.59 Å². The van der Waals surface area contributed by atoms with Crippen molar-refractivity contribution in [2.45, 2.75) is 0 Å². The molecule has 90 valence electrons. The Balaban J connectivity index is 2.43. The third kappa shape index (κ3) is 5.03. The SMILES string of the molecule is O=C(O)CNC(=O)N/C=C/c1ccccc1Cl. The topological polar surface area (TPSA) is 78.4 Å². The number of benzene rings is 1. The fraction of sp³-hybridized carbons (Fsp3) is 0.0909. The molecule has 0 atom stereocenters. The van der Waals surface area contributed by atoms with E-state index in [-0.39, 0.29) is 0 Å². The molecule has 0 aliphatic carbocycles. The number of rotatable bonds is 4. The van der Waals surface area contributed by atoms with Gasteiger partial charge in [0.05, 0.1) is 0 Å². The van der Waals surface area contributed by atoms with Crippen LogP contribution in [0.5, 0.6) is 0 Å². The Bertz CT molecular complexity index is 446. The standard InChI is InChI=1S/C11H11ClN2O3/c12-9-4-2-1-3-8(9)5-6-13-11(17)14-7-10(15)16/h1-6H,7H2,(H,15,16)(H2,13,14,17)/b6-5+. The van der Waals surface area contributed by atoms with Crippen LogP contribution in [0.15, 0.2) is 30.5 Å². The summed E-state index contributed by atoms with van der Waals surface area (Å²) in [6.07, 6.45) is 3.00. The van der Waals surface area contributed by atoms with Gasteiger partial charge in [0.2, 0.25) is 0 Å². The Morgan fingerprint density at radius 3 is 2.71 bits per heavy atom. The minimum atomic E-state index is -1.10. The number of halogens is 1. The molecular formula is C11H11ClN2O3. The second kappa shape index (κ2) is 6.55. The molecule has 0 radical (unpaired) electrons. The molecule has 0 bridgehead atoms. The summed E-state index contributed by atoms with van der Waals surface area (Å²) in [7, 11) is 0. The third-order valence-electron chi connectivity index (χ3n) is 1.78. The van der Waals surface area contributed by atoms with Gasteiger partial charge in [-0.05, 0) is 17.7 Å². The van der Waals surface area contributed by atoms with E-state index in [4.69, 9.17) is 16.7 Å². The summed E-state index contributed by atoms with van der Waals surface area (Å²) in [6, 6.07) is 6.54. The summed E-state index contributed by atoms with van der Waals surface area (Å²) in [6.45, 7) is -0.425. The molecule has 2 amide bonds. The van der Waals surface area contributed by atoms with Crippen molar-refractivity contribution in [3.05, 3.63) is 41.1 Å². The van der Waals surface area contributed by atoms with Crippen LogP contribution in [-0.2, 0) is 4.79 Å². The van der Waals surface area contributed by atoms with E-state index >= 15 is 0 Å². The number of carbonyl (C=O) groups excluding carboxylic acids is 1. The van der Waals surface area contributed by atoms with Gasteiger partial charge in [-0.15, -0.1) is 0 Å². The summed E-state index contributed by atoms with van der Waals surface area (Å²) < 4.78 is 0. The van der Waals surface area contributed by atoms with E-state index in [1.165, 1.54) is 6.20 Å². The number of hydrogen-bond acceptors (Lipinski definition) is 2. The molecule has 1 aromatic carbocycles. The highest BCUT2D eigenvalue weighted by atomic mass is 35.5. The van der Waals surface area contributed by atoms with Gasteiger partial charge in [-0.25, -0.2) is 4.79 Å². The Kier molecular flexibility index (Phi) is 5.03. The molecule has 3 N–H and O–H groups in total. The third-order valence-corrected chi connectivity index (χ3v) is 2.13. The Labute approximate surface area is 103 Å². The van der Waals surface area contributed by atoms with Crippen LogP contribution in [-0.4, -0.2) is 23.7 Å². The van der Waals surface area contributed by atoms with E-state index in [1.54, 1.807) is 24.3 Å². The summed E-state index contributed by atoms with van der Waals surface area (Å²) in [5.74, 6) is -1.10. The zero-order valence-corrected chi connectivity index (χ0v) is 9.57. The summed E-state index contributed by atoms with van der Waals surface area (Å²) in [5.41, 5.74) is 0.757. The number of nitrogens with one attached hydrogen (secondary N) is 2. The van der Waals surface area contributed by atoms with E-state index in [0.29, 0.717) is 5.02 Å². The smallest absolute Gasteiger partial charge is 0.323 e. The van der Waals surface area contributed by atoms with Crippen LogP contribution < -0.4 is 10.6 Å². The van der Waals surface area contributed by atoms with Crippen LogP contribution in [0.25, 0.3) is 6.08 Å². The maximum atomic E-state index is 11.1. The number of urea groups is 1. The zero-order chi connectivity index (χ0) is 12.7. The minimum Gasteiger partial charge on any atom is -0.480 e. The Morgan fingerprint density at radius 1 is 1.35 bits per heavy atom. The summed E-state index contributed by atoms with van der Waals surface area (Å²) in [5, 5.41) is 13.4. The van der Waals surface area contributed by atoms with Gasteiger partial charge in [0.25, 0.3) is 0 Å². The van der Waals surface area contributed by atoms with Gasteiger partial charge < -0.3 is 15.7 Å². The van der Waals surface area contributed by atoms with Gasteiger partial charge in [-0.1, -0.05) is 29.8 Å². The molecule has 0 aliphatic heterocycles. The number of carboxylic acids is 1. The van der Waals surface area contributed by atoms with Crippen molar-refractivity contribution in [1.82, 2.24) is 10.6 Å². The van der Waals surface area contributed by atoms with Crippen LogP contribution >= 0.6 is 11.6 Å². The lowest BCUT2D eigenvalue weighted by molar-refractivity contribution is -0.135. The largest absolute Gasteiger partial charge is 0.480 e. The first-order chi connectivity index (χ1) is 8.09. The highest BCUT2D eigenvalue weighted by Gasteiger charge is 2.00. The summed E-state index contributed by atoms with van der Waals surface area (Å²) >= 11 is 5.88. The van der Waals surface area contributed by atoms with Gasteiger partial charge in [-0.3, -0.25) is 4.79 Å². The van der Waals surface area contributed by atoms with Crippen molar-refractivity contribution >= 4 is 29.7 Å². The van der Waals surface area contributed by atoms with Crippen molar-refractivity contribution in [2.75, 3.05) is 6.54 Å². The number of aliphatic carboxylic acids is 1. The monoisotopic (exact) mass is 254 g/mol. The van der Waals surface area contributed by atoms with Gasteiger partial charge in [0.15, 0.2) is 0 Å². The predicted octanol–water partition coefficient (Wildman–Crippen LogP) is 1.69. The lowest BCUT2D eigenvalue weighted by Crippen LogP contribution is -2.35. The van der Waals surface area contributed by atoms with E-state index in [1.807, 2.05) is 6.07 Å². The van der Waals surface area contributed by atoms with E-state index in [2.05, 4.69) is 10.6 Å². The first-order valence-electron chi connectivity index (χ1n) is 4.77. The Morgan fingerprint density at radius 2 is 2.06 bits per heavy atom. The summed E-state index contributed by atoms with van der Waals surface area (Å²) in [4.78, 5) is 21.2. The molecule has 1 rings (SSSR count). The minimum absolute atomic E-state index is 0.425. The fourth-order valence-electron chi connectivity index (χ4n) is 1.02. The maximum absolute atomic E-state index is 11.1. The van der Waals surface area contributed by atoms with Crippen LogP contribution in [0.2, 0.25) is 5.02 Å². The molecule has 0 heterocycles. The molecular weight excluding hydrogens is 244 g/mol. The number of amides is 2. The molecule has 5 nitrogen and oxygen atoms in total. The van der Waals surface area contributed by atoms with Crippen molar-refractivity contribution in [2.24, 2.45) is 0 Å². The molecule has 0 spiro atoms. The first-order valence-corrected chi connectivity index (χ1v) is 5.14. The maximum Gasteiger partial charge on any atom is 0.323 e. The number of hydrogen-bond donors (Lipinski definition) is 3. The molecule has 6 heteroatoms. The number of carboxylic acid groups (broad SMARTS) is 1. The van der Waals surface area contributed by atoms with Crippen molar-refractivity contribution in [3.63, 3.8) is 0 Å².